The highest BCUT2D eigenvalue weighted by atomic mass is 35.5. The number of carbonyl (C=O) groups is 1. The maximum absolute atomic E-state index is 14.3. The average molecular weight is 559 g/mol. The summed E-state index contributed by atoms with van der Waals surface area (Å²) in [6, 6.07) is 23.4. The summed E-state index contributed by atoms with van der Waals surface area (Å²) >= 11 is 12.5. The Kier molecular flexibility index (Phi) is 7.93. The molecule has 2 aliphatic rings. The van der Waals surface area contributed by atoms with Crippen LogP contribution in [-0.4, -0.2) is 59.4 Å². The van der Waals surface area contributed by atoms with E-state index in [1.54, 1.807) is 23.1 Å². The second kappa shape index (κ2) is 11.4. The summed E-state index contributed by atoms with van der Waals surface area (Å²) in [6.07, 6.45) is 1.34. The Bertz CT molecular complexity index is 1460. The van der Waals surface area contributed by atoms with E-state index in [0.29, 0.717) is 47.1 Å². The maximum Gasteiger partial charge on any atom is 0.243 e. The van der Waals surface area contributed by atoms with E-state index in [4.69, 9.17) is 23.2 Å². The van der Waals surface area contributed by atoms with Gasteiger partial charge in [-0.3, -0.25) is 14.6 Å². The van der Waals surface area contributed by atoms with Crippen LogP contribution in [0.3, 0.4) is 0 Å². The van der Waals surface area contributed by atoms with Crippen molar-refractivity contribution >= 4 is 29.1 Å². The van der Waals surface area contributed by atoms with E-state index in [9.17, 15) is 15.3 Å². The molecule has 39 heavy (non-hydrogen) atoms. The van der Waals surface area contributed by atoms with Gasteiger partial charge in [-0.2, -0.15) is 10.5 Å². The molecule has 0 atom stereocenters. The van der Waals surface area contributed by atoms with Crippen molar-refractivity contribution in [3.05, 3.63) is 104 Å². The lowest BCUT2D eigenvalue weighted by Gasteiger charge is -2.46. The molecule has 3 aromatic rings. The lowest BCUT2D eigenvalue weighted by molar-refractivity contribution is -0.145. The number of likely N-dealkylation sites (N-methyl/N-ethyl adjacent to an activating group) is 1. The van der Waals surface area contributed by atoms with Crippen LogP contribution in [-0.2, 0) is 30.7 Å². The van der Waals surface area contributed by atoms with Crippen LogP contribution in [0.5, 0.6) is 0 Å². The molecule has 0 unspecified atom stereocenters. The van der Waals surface area contributed by atoms with Crippen molar-refractivity contribution in [3.63, 3.8) is 0 Å². The van der Waals surface area contributed by atoms with Crippen LogP contribution in [0.1, 0.15) is 33.4 Å². The maximum atomic E-state index is 14.3. The lowest BCUT2D eigenvalue weighted by Crippen LogP contribution is -2.64. The van der Waals surface area contributed by atoms with Crippen LogP contribution in [0.15, 0.2) is 60.7 Å². The third-order valence-corrected chi connectivity index (χ3v) is 8.24. The molecule has 6 nitrogen and oxygen atoms in total. The first-order valence-electron chi connectivity index (χ1n) is 13.0. The molecule has 1 aliphatic heterocycles. The highest BCUT2D eigenvalue weighted by Crippen LogP contribution is 2.37. The minimum absolute atomic E-state index is 0.0825. The molecule has 1 heterocycles. The third kappa shape index (κ3) is 5.81. The highest BCUT2D eigenvalue weighted by molar-refractivity contribution is 6.31. The van der Waals surface area contributed by atoms with Crippen molar-refractivity contribution in [2.45, 2.75) is 31.5 Å². The summed E-state index contributed by atoms with van der Waals surface area (Å²) in [5, 5.41) is 19.7. The molecule has 0 N–H and O–H groups in total. The van der Waals surface area contributed by atoms with Gasteiger partial charge in [-0.1, -0.05) is 47.5 Å². The summed E-state index contributed by atoms with van der Waals surface area (Å²) in [4.78, 5) is 20.8. The summed E-state index contributed by atoms with van der Waals surface area (Å²) in [7, 11) is 1.84. The van der Waals surface area contributed by atoms with E-state index in [0.717, 1.165) is 37.3 Å². The van der Waals surface area contributed by atoms with Gasteiger partial charge < -0.3 is 4.90 Å². The smallest absolute Gasteiger partial charge is 0.243 e. The van der Waals surface area contributed by atoms with Gasteiger partial charge in [-0.05, 0) is 58.7 Å². The van der Waals surface area contributed by atoms with Gasteiger partial charge in [0.25, 0.3) is 0 Å². The van der Waals surface area contributed by atoms with E-state index in [2.05, 4.69) is 34.1 Å². The second-order valence-corrected chi connectivity index (χ2v) is 11.4. The normalized spacial score (nSPS) is 16.7. The van der Waals surface area contributed by atoms with Gasteiger partial charge in [-0.15, -0.1) is 0 Å². The van der Waals surface area contributed by atoms with Gasteiger partial charge in [0.2, 0.25) is 5.91 Å². The number of hydrogen-bond donors (Lipinski definition) is 0. The van der Waals surface area contributed by atoms with Crippen LogP contribution >= 0.6 is 23.2 Å². The molecule has 1 aliphatic carbocycles. The molecule has 0 saturated carbocycles. The van der Waals surface area contributed by atoms with Crippen LogP contribution in [0.2, 0.25) is 10.0 Å². The van der Waals surface area contributed by atoms with E-state index >= 15 is 0 Å². The number of fused-ring (bicyclic) bond motifs is 1. The largest absolute Gasteiger partial charge is 0.340 e. The zero-order valence-corrected chi connectivity index (χ0v) is 23.3. The zero-order chi connectivity index (χ0) is 27.6. The van der Waals surface area contributed by atoms with Crippen molar-refractivity contribution in [1.82, 2.24) is 14.7 Å². The van der Waals surface area contributed by atoms with Crippen molar-refractivity contribution < 1.29 is 4.79 Å². The predicted octanol–water partition coefficient (Wildman–Crippen LogP) is 5.05. The fourth-order valence-electron chi connectivity index (χ4n) is 6.01. The Morgan fingerprint density at radius 3 is 1.97 bits per heavy atom. The van der Waals surface area contributed by atoms with E-state index in [1.807, 2.05) is 37.4 Å². The number of carbonyl (C=O) groups excluding carboxylic acids is 1. The SMILES string of the molecule is CN(Cc1cc(Cl)cc(C#N)c1)C(=O)C1(N2CCN(Cc3cc(Cl)cc(C#N)c3)CC2)Cc2ccccc2C1. The number of piperazine rings is 1. The Labute approximate surface area is 239 Å². The molecule has 1 fully saturated rings. The molecule has 3 aromatic carbocycles. The van der Waals surface area contributed by atoms with Gasteiger partial charge in [0, 0.05) is 69.2 Å². The Morgan fingerprint density at radius 2 is 1.41 bits per heavy atom. The number of nitriles is 2. The molecule has 0 spiro atoms. The van der Waals surface area contributed by atoms with Gasteiger partial charge in [-0.25, -0.2) is 0 Å². The second-order valence-electron chi connectivity index (χ2n) is 10.5. The number of nitrogens with zero attached hydrogens (tertiary/aromatic N) is 5. The number of rotatable bonds is 6. The minimum atomic E-state index is -0.662. The molecule has 1 amide bonds. The molecule has 0 aromatic heterocycles. The third-order valence-electron chi connectivity index (χ3n) is 7.81. The first-order valence-corrected chi connectivity index (χ1v) is 13.7. The molecule has 198 valence electrons. The first-order chi connectivity index (χ1) is 18.8. The molecule has 0 bridgehead atoms. The minimum Gasteiger partial charge on any atom is -0.340 e. The van der Waals surface area contributed by atoms with Crippen molar-refractivity contribution in [2.75, 3.05) is 33.2 Å². The molecule has 5 rings (SSSR count). The Balaban J connectivity index is 1.34. The number of halogens is 2. The van der Waals surface area contributed by atoms with E-state index < -0.39 is 5.54 Å². The van der Waals surface area contributed by atoms with Crippen LogP contribution in [0, 0.1) is 22.7 Å². The topological polar surface area (TPSA) is 74.4 Å². The quantitative estimate of drug-likeness (QED) is 0.424. The number of benzene rings is 3. The molecular weight excluding hydrogens is 529 g/mol. The van der Waals surface area contributed by atoms with Crippen molar-refractivity contribution in [3.8, 4) is 12.1 Å². The monoisotopic (exact) mass is 557 g/mol. The van der Waals surface area contributed by atoms with Crippen molar-refractivity contribution in [2.24, 2.45) is 0 Å². The Hall–Kier alpha value is -3.39. The van der Waals surface area contributed by atoms with Gasteiger partial charge in [0.1, 0.15) is 5.54 Å². The van der Waals surface area contributed by atoms with Crippen LogP contribution in [0.4, 0.5) is 0 Å². The standard InChI is InChI=1S/C31H29Cl2N5O/c1-36(20-24-10-22(18-34)12-28(32)14-24)30(39)31(16-26-4-2-3-5-27(26)17-31)38-8-6-37(7-9-38)21-25-11-23(19-35)13-29(33)15-25/h2-5,10-15H,6-9,16-17,20-21H2,1H3. The molecule has 1 saturated heterocycles. The lowest BCUT2D eigenvalue weighted by atomic mass is 9.90. The van der Waals surface area contributed by atoms with Gasteiger partial charge >= 0.3 is 0 Å². The first kappa shape index (κ1) is 27.2. The van der Waals surface area contributed by atoms with Gasteiger partial charge in [0.05, 0.1) is 23.3 Å². The van der Waals surface area contributed by atoms with E-state index in [1.165, 1.54) is 11.1 Å². The molecule has 0 radical (unpaired) electrons. The van der Waals surface area contributed by atoms with Crippen LogP contribution in [0.25, 0.3) is 0 Å². The zero-order valence-electron chi connectivity index (χ0n) is 21.8. The fraction of sp³-hybridized carbons (Fsp3) is 0.323. The number of hydrogen-bond acceptors (Lipinski definition) is 5. The average Bonchev–Trinajstić information content (AvgIpc) is 3.33. The molecule has 8 heteroatoms. The molecular formula is C31H29Cl2N5O. The highest BCUT2D eigenvalue weighted by Gasteiger charge is 2.50. The summed E-state index contributed by atoms with van der Waals surface area (Å²) < 4.78 is 0. The Morgan fingerprint density at radius 1 is 0.872 bits per heavy atom. The predicted molar refractivity (Wildman–Crippen MR) is 152 cm³/mol. The summed E-state index contributed by atoms with van der Waals surface area (Å²) in [6.45, 7) is 4.22. The van der Waals surface area contributed by atoms with Crippen molar-refractivity contribution in [1.29, 1.82) is 10.5 Å². The summed E-state index contributed by atoms with van der Waals surface area (Å²) in [5.41, 5.74) is 4.69. The van der Waals surface area contributed by atoms with Gasteiger partial charge in [0.15, 0.2) is 0 Å². The summed E-state index contributed by atoms with van der Waals surface area (Å²) in [5.74, 6) is 0.0825. The van der Waals surface area contributed by atoms with Crippen LogP contribution < -0.4 is 0 Å². The number of amides is 1. The fourth-order valence-corrected chi connectivity index (χ4v) is 6.53. The van der Waals surface area contributed by atoms with E-state index in [-0.39, 0.29) is 5.91 Å².